The third-order valence-corrected chi connectivity index (χ3v) is 3.46. The Bertz CT molecular complexity index is 442. The average Bonchev–Trinajstić information content (AvgIpc) is 2.50. The van der Waals surface area contributed by atoms with E-state index in [-0.39, 0.29) is 18.4 Å². The maximum Gasteiger partial charge on any atom is 0.240 e. The van der Waals surface area contributed by atoms with Gasteiger partial charge in [0, 0.05) is 6.54 Å². The average molecular weight is 277 g/mol. The highest BCUT2D eigenvalue weighted by Crippen LogP contribution is 2.10. The summed E-state index contributed by atoms with van der Waals surface area (Å²) in [6.07, 6.45) is 1.09. The van der Waals surface area contributed by atoms with Crippen LogP contribution in [-0.2, 0) is 16.1 Å². The fraction of sp³-hybridized carbons (Fsp3) is 0.467. The minimum atomic E-state index is -0.889. The van der Waals surface area contributed by atoms with Gasteiger partial charge in [-0.3, -0.25) is 9.59 Å². The Morgan fingerprint density at radius 3 is 2.25 bits per heavy atom. The van der Waals surface area contributed by atoms with Gasteiger partial charge in [-0.2, -0.15) is 0 Å². The van der Waals surface area contributed by atoms with Crippen molar-refractivity contribution in [2.24, 2.45) is 5.73 Å². The number of nitrogens with one attached hydrogen (secondary N) is 2. The van der Waals surface area contributed by atoms with Gasteiger partial charge in [-0.15, -0.1) is 0 Å². The van der Waals surface area contributed by atoms with Crippen LogP contribution in [0.1, 0.15) is 32.3 Å². The summed E-state index contributed by atoms with van der Waals surface area (Å²) in [6, 6.07) is 9.60. The lowest BCUT2D eigenvalue weighted by Gasteiger charge is -2.24. The van der Waals surface area contributed by atoms with E-state index in [0.717, 1.165) is 5.56 Å². The van der Waals surface area contributed by atoms with Crippen molar-refractivity contribution in [2.45, 2.75) is 38.8 Å². The number of benzene rings is 1. The molecule has 0 atom stereocenters. The van der Waals surface area contributed by atoms with Gasteiger partial charge >= 0.3 is 0 Å². The predicted molar refractivity (Wildman–Crippen MR) is 78.8 cm³/mol. The Balaban J connectivity index is 2.35. The lowest BCUT2D eigenvalue weighted by atomic mass is 9.93. The van der Waals surface area contributed by atoms with Gasteiger partial charge in [0.05, 0.1) is 12.1 Å². The summed E-state index contributed by atoms with van der Waals surface area (Å²) in [5, 5.41) is 5.33. The molecule has 110 valence electrons. The van der Waals surface area contributed by atoms with Gasteiger partial charge < -0.3 is 16.4 Å². The van der Waals surface area contributed by atoms with Crippen molar-refractivity contribution in [3.05, 3.63) is 35.9 Å². The number of carbonyl (C=O) groups excluding carboxylic acids is 2. The van der Waals surface area contributed by atoms with E-state index in [1.54, 1.807) is 0 Å². The molecule has 20 heavy (non-hydrogen) atoms. The highest BCUT2D eigenvalue weighted by molar-refractivity contribution is 5.90. The Kier molecular flexibility index (Phi) is 6.18. The molecule has 4 N–H and O–H groups in total. The molecule has 0 fully saturated rings. The van der Waals surface area contributed by atoms with Gasteiger partial charge in [0.1, 0.15) is 0 Å². The molecular formula is C15H23N3O2. The molecule has 1 aromatic rings. The molecule has 2 amide bonds. The lowest BCUT2D eigenvalue weighted by Crippen LogP contribution is -2.54. The number of rotatable bonds is 7. The Labute approximate surface area is 119 Å². The molecule has 0 aromatic heterocycles. The molecule has 0 saturated heterocycles. The number of nitrogens with two attached hydrogens (primary N) is 1. The number of hydrogen-bond acceptors (Lipinski definition) is 3. The second kappa shape index (κ2) is 7.65. The summed E-state index contributed by atoms with van der Waals surface area (Å²) in [7, 11) is 0. The van der Waals surface area contributed by atoms with Crippen molar-refractivity contribution >= 4 is 11.8 Å². The lowest BCUT2D eigenvalue weighted by molar-refractivity contribution is -0.129. The van der Waals surface area contributed by atoms with Gasteiger partial charge in [0.2, 0.25) is 11.8 Å². The third-order valence-electron chi connectivity index (χ3n) is 3.46. The SMILES string of the molecule is CCC(N)(CC)C(=O)NCC(=O)NCc1ccccc1. The fourth-order valence-electron chi connectivity index (χ4n) is 1.77. The van der Waals surface area contributed by atoms with Crippen molar-refractivity contribution in [1.82, 2.24) is 10.6 Å². The van der Waals surface area contributed by atoms with Crippen molar-refractivity contribution < 1.29 is 9.59 Å². The molecule has 1 aromatic carbocycles. The zero-order chi connectivity index (χ0) is 15.0. The van der Waals surface area contributed by atoms with Crippen LogP contribution in [0.25, 0.3) is 0 Å². The monoisotopic (exact) mass is 277 g/mol. The molecule has 0 heterocycles. The molecule has 0 radical (unpaired) electrons. The van der Waals surface area contributed by atoms with Crippen LogP contribution in [-0.4, -0.2) is 23.9 Å². The summed E-state index contributed by atoms with van der Waals surface area (Å²) in [6.45, 7) is 4.12. The Morgan fingerprint density at radius 2 is 1.70 bits per heavy atom. The Morgan fingerprint density at radius 1 is 1.10 bits per heavy atom. The Hall–Kier alpha value is -1.88. The fourth-order valence-corrected chi connectivity index (χ4v) is 1.77. The minimum Gasteiger partial charge on any atom is -0.350 e. The molecule has 0 spiro atoms. The van der Waals surface area contributed by atoms with E-state index >= 15 is 0 Å². The first-order chi connectivity index (χ1) is 9.51. The van der Waals surface area contributed by atoms with Crippen molar-refractivity contribution in [1.29, 1.82) is 0 Å². The quantitative estimate of drug-likeness (QED) is 0.693. The van der Waals surface area contributed by atoms with Crippen LogP contribution in [0, 0.1) is 0 Å². The first-order valence-electron chi connectivity index (χ1n) is 6.89. The van der Waals surface area contributed by atoms with Crippen LogP contribution in [0.15, 0.2) is 30.3 Å². The summed E-state index contributed by atoms with van der Waals surface area (Å²) < 4.78 is 0. The highest BCUT2D eigenvalue weighted by Gasteiger charge is 2.29. The zero-order valence-electron chi connectivity index (χ0n) is 12.1. The molecule has 0 aliphatic carbocycles. The van der Waals surface area contributed by atoms with Gasteiger partial charge in [-0.05, 0) is 18.4 Å². The van der Waals surface area contributed by atoms with Crippen LogP contribution < -0.4 is 16.4 Å². The van der Waals surface area contributed by atoms with E-state index in [9.17, 15) is 9.59 Å². The van der Waals surface area contributed by atoms with E-state index in [1.807, 2.05) is 44.2 Å². The molecule has 5 nitrogen and oxygen atoms in total. The maximum absolute atomic E-state index is 11.9. The van der Waals surface area contributed by atoms with E-state index < -0.39 is 5.54 Å². The number of amides is 2. The standard InChI is InChI=1S/C15H23N3O2/c1-3-15(16,4-2)14(20)18-11-13(19)17-10-12-8-6-5-7-9-12/h5-9H,3-4,10-11,16H2,1-2H3,(H,17,19)(H,18,20). The second-order valence-electron chi connectivity index (χ2n) is 4.81. The molecule has 0 bridgehead atoms. The van der Waals surface area contributed by atoms with E-state index in [2.05, 4.69) is 10.6 Å². The second-order valence-corrected chi connectivity index (χ2v) is 4.81. The molecule has 0 aliphatic rings. The summed E-state index contributed by atoms with van der Waals surface area (Å²) >= 11 is 0. The predicted octanol–water partition coefficient (Wildman–Crippen LogP) is 0.937. The molecule has 0 unspecified atom stereocenters. The zero-order valence-corrected chi connectivity index (χ0v) is 12.1. The third kappa shape index (κ3) is 4.66. The molecule has 5 heteroatoms. The first-order valence-corrected chi connectivity index (χ1v) is 6.89. The van der Waals surface area contributed by atoms with E-state index in [1.165, 1.54) is 0 Å². The van der Waals surface area contributed by atoms with Crippen molar-refractivity contribution in [3.8, 4) is 0 Å². The van der Waals surface area contributed by atoms with E-state index in [4.69, 9.17) is 5.73 Å². The number of carbonyl (C=O) groups is 2. The van der Waals surface area contributed by atoms with Crippen LogP contribution in [0.5, 0.6) is 0 Å². The molecule has 1 rings (SSSR count). The normalized spacial score (nSPS) is 10.9. The summed E-state index contributed by atoms with van der Waals surface area (Å²) in [5.41, 5.74) is 6.07. The first kappa shape index (κ1) is 16.2. The van der Waals surface area contributed by atoms with Gasteiger partial charge in [0.15, 0.2) is 0 Å². The van der Waals surface area contributed by atoms with Crippen molar-refractivity contribution in [3.63, 3.8) is 0 Å². The minimum absolute atomic E-state index is 0.0510. The van der Waals surface area contributed by atoms with Gasteiger partial charge in [0.25, 0.3) is 0 Å². The van der Waals surface area contributed by atoms with E-state index in [0.29, 0.717) is 19.4 Å². The smallest absolute Gasteiger partial charge is 0.240 e. The maximum atomic E-state index is 11.9. The summed E-state index contributed by atoms with van der Waals surface area (Å²) in [5.74, 6) is -0.505. The largest absolute Gasteiger partial charge is 0.350 e. The van der Waals surface area contributed by atoms with Crippen LogP contribution >= 0.6 is 0 Å². The van der Waals surface area contributed by atoms with Crippen LogP contribution in [0.2, 0.25) is 0 Å². The molecular weight excluding hydrogens is 254 g/mol. The van der Waals surface area contributed by atoms with Gasteiger partial charge in [-0.25, -0.2) is 0 Å². The van der Waals surface area contributed by atoms with Crippen LogP contribution in [0.3, 0.4) is 0 Å². The number of hydrogen-bond donors (Lipinski definition) is 3. The van der Waals surface area contributed by atoms with Crippen LogP contribution in [0.4, 0.5) is 0 Å². The van der Waals surface area contributed by atoms with Crippen molar-refractivity contribution in [2.75, 3.05) is 6.54 Å². The topological polar surface area (TPSA) is 84.2 Å². The van der Waals surface area contributed by atoms with Gasteiger partial charge in [-0.1, -0.05) is 44.2 Å². The highest BCUT2D eigenvalue weighted by atomic mass is 16.2. The molecule has 0 aliphatic heterocycles. The molecule has 0 saturated carbocycles. The summed E-state index contributed by atoms with van der Waals surface area (Å²) in [4.78, 5) is 23.5.